The Morgan fingerprint density at radius 1 is 1.00 bits per heavy atom. The molecular formula is C15H12N2O. The van der Waals surface area contributed by atoms with E-state index in [1.54, 1.807) is 0 Å². The first-order chi connectivity index (χ1) is 8.83. The van der Waals surface area contributed by atoms with Gasteiger partial charge in [-0.1, -0.05) is 24.3 Å². The summed E-state index contributed by atoms with van der Waals surface area (Å²) in [4.78, 5) is 14.9. The number of carbonyl (C=O) groups excluding carboxylic acids is 1. The number of aromatic amines is 1. The smallest absolute Gasteiger partial charge is 0.224 e. The third kappa shape index (κ3) is 1.21. The van der Waals surface area contributed by atoms with Crippen LogP contribution in [0.2, 0.25) is 0 Å². The van der Waals surface area contributed by atoms with Crippen molar-refractivity contribution in [2.75, 3.05) is 0 Å². The van der Waals surface area contributed by atoms with E-state index < -0.39 is 0 Å². The second-order valence-corrected chi connectivity index (χ2v) is 4.75. The Morgan fingerprint density at radius 3 is 2.83 bits per heavy atom. The number of carbonyl (C=O) groups is 1. The summed E-state index contributed by atoms with van der Waals surface area (Å²) in [6.07, 6.45) is 0.491. The molecular weight excluding hydrogens is 224 g/mol. The average Bonchev–Trinajstić information content (AvgIpc) is 2.77. The zero-order chi connectivity index (χ0) is 12.1. The first kappa shape index (κ1) is 9.71. The predicted molar refractivity (Wildman–Crippen MR) is 71.4 cm³/mol. The molecule has 3 aromatic rings. The molecule has 0 unspecified atom stereocenters. The average molecular weight is 236 g/mol. The summed E-state index contributed by atoms with van der Waals surface area (Å²) < 4.78 is 0. The molecule has 0 spiro atoms. The van der Waals surface area contributed by atoms with Gasteiger partial charge in [0, 0.05) is 28.4 Å². The fraction of sp³-hybridized carbons (Fsp3) is 0.133. The fourth-order valence-electron chi connectivity index (χ4n) is 2.85. The van der Waals surface area contributed by atoms with Crippen LogP contribution in [0.1, 0.15) is 11.1 Å². The van der Waals surface area contributed by atoms with Crippen LogP contribution in [0.3, 0.4) is 0 Å². The van der Waals surface area contributed by atoms with Crippen LogP contribution >= 0.6 is 0 Å². The molecule has 3 nitrogen and oxygen atoms in total. The molecule has 1 aliphatic heterocycles. The van der Waals surface area contributed by atoms with Crippen molar-refractivity contribution in [3.05, 3.63) is 47.5 Å². The molecule has 18 heavy (non-hydrogen) atoms. The van der Waals surface area contributed by atoms with E-state index in [1.165, 1.54) is 16.3 Å². The van der Waals surface area contributed by atoms with Crippen LogP contribution in [0.5, 0.6) is 0 Å². The number of nitrogens with one attached hydrogen (secondary N) is 2. The van der Waals surface area contributed by atoms with E-state index in [-0.39, 0.29) is 5.91 Å². The molecule has 1 aliphatic rings. The maximum absolute atomic E-state index is 11.4. The second kappa shape index (κ2) is 3.35. The molecule has 1 amide bonds. The summed E-state index contributed by atoms with van der Waals surface area (Å²) in [7, 11) is 0. The van der Waals surface area contributed by atoms with Gasteiger partial charge in [0.1, 0.15) is 0 Å². The molecule has 0 bridgehead atoms. The van der Waals surface area contributed by atoms with Crippen molar-refractivity contribution >= 4 is 27.7 Å². The standard InChI is InChI=1S/C15H12N2O/c18-14-7-9-5-6-13-15(11(9)8-16-14)10-3-1-2-4-12(10)17-13/h1-6,17H,7-8H2,(H,16,18). The molecule has 88 valence electrons. The first-order valence-electron chi connectivity index (χ1n) is 6.11. The molecule has 2 aromatic carbocycles. The maximum atomic E-state index is 11.4. The van der Waals surface area contributed by atoms with Gasteiger partial charge < -0.3 is 10.3 Å². The van der Waals surface area contributed by atoms with Gasteiger partial charge in [0.2, 0.25) is 5.91 Å². The lowest BCUT2D eigenvalue weighted by Gasteiger charge is -2.17. The molecule has 0 fully saturated rings. The highest BCUT2D eigenvalue weighted by molar-refractivity contribution is 6.09. The van der Waals surface area contributed by atoms with E-state index >= 15 is 0 Å². The van der Waals surface area contributed by atoms with E-state index in [0.717, 1.165) is 16.6 Å². The minimum Gasteiger partial charge on any atom is -0.355 e. The van der Waals surface area contributed by atoms with Crippen molar-refractivity contribution in [3.8, 4) is 0 Å². The fourth-order valence-corrected chi connectivity index (χ4v) is 2.85. The van der Waals surface area contributed by atoms with Crippen molar-refractivity contribution in [2.24, 2.45) is 0 Å². The van der Waals surface area contributed by atoms with Gasteiger partial charge in [0.25, 0.3) is 0 Å². The van der Waals surface area contributed by atoms with Gasteiger partial charge in [0.15, 0.2) is 0 Å². The Hall–Kier alpha value is -2.29. The lowest BCUT2D eigenvalue weighted by atomic mass is 9.95. The predicted octanol–water partition coefficient (Wildman–Crippen LogP) is 2.49. The number of rotatable bonds is 0. The van der Waals surface area contributed by atoms with Gasteiger partial charge in [0.05, 0.1) is 6.42 Å². The van der Waals surface area contributed by atoms with Gasteiger partial charge in [-0.25, -0.2) is 0 Å². The molecule has 0 atom stereocenters. The van der Waals surface area contributed by atoms with E-state index in [4.69, 9.17) is 0 Å². The molecule has 0 saturated heterocycles. The topological polar surface area (TPSA) is 44.9 Å². The molecule has 4 rings (SSSR count). The summed E-state index contributed by atoms with van der Waals surface area (Å²) in [5.74, 6) is 0.113. The first-order valence-corrected chi connectivity index (χ1v) is 6.11. The number of para-hydroxylation sites is 1. The molecule has 0 aliphatic carbocycles. The monoisotopic (exact) mass is 236 g/mol. The minimum absolute atomic E-state index is 0.113. The Morgan fingerprint density at radius 2 is 1.89 bits per heavy atom. The SMILES string of the molecule is O=C1Cc2ccc3[nH]c4ccccc4c3c2CN1. The number of benzene rings is 2. The van der Waals surface area contributed by atoms with E-state index in [9.17, 15) is 4.79 Å². The highest BCUT2D eigenvalue weighted by Crippen LogP contribution is 2.31. The molecule has 3 heteroatoms. The Kier molecular flexibility index (Phi) is 1.81. The van der Waals surface area contributed by atoms with E-state index in [1.807, 2.05) is 6.07 Å². The summed E-state index contributed by atoms with van der Waals surface area (Å²) in [6, 6.07) is 12.4. The van der Waals surface area contributed by atoms with Crippen LogP contribution in [0.15, 0.2) is 36.4 Å². The maximum Gasteiger partial charge on any atom is 0.224 e. The molecule has 0 radical (unpaired) electrons. The van der Waals surface area contributed by atoms with E-state index in [2.05, 4.69) is 40.6 Å². The van der Waals surface area contributed by atoms with Crippen LogP contribution in [0.25, 0.3) is 21.8 Å². The van der Waals surface area contributed by atoms with Gasteiger partial charge >= 0.3 is 0 Å². The molecule has 1 aromatic heterocycles. The quantitative estimate of drug-likeness (QED) is 0.619. The number of aromatic nitrogens is 1. The van der Waals surface area contributed by atoms with Crippen LogP contribution in [-0.2, 0) is 17.8 Å². The zero-order valence-electron chi connectivity index (χ0n) is 9.79. The third-order valence-corrected chi connectivity index (χ3v) is 3.69. The van der Waals surface area contributed by atoms with Crippen molar-refractivity contribution in [2.45, 2.75) is 13.0 Å². The lowest BCUT2D eigenvalue weighted by Crippen LogP contribution is -2.30. The number of fused-ring (bicyclic) bond motifs is 5. The highest BCUT2D eigenvalue weighted by atomic mass is 16.1. The van der Waals surface area contributed by atoms with Crippen LogP contribution in [-0.4, -0.2) is 10.9 Å². The molecule has 2 N–H and O–H groups in total. The van der Waals surface area contributed by atoms with Crippen LogP contribution < -0.4 is 5.32 Å². The molecule has 0 saturated carbocycles. The summed E-state index contributed by atoms with van der Waals surface area (Å²) >= 11 is 0. The Labute approximate surface area is 104 Å². The van der Waals surface area contributed by atoms with Gasteiger partial charge in [-0.05, 0) is 23.3 Å². The third-order valence-electron chi connectivity index (χ3n) is 3.69. The lowest BCUT2D eigenvalue weighted by molar-refractivity contribution is -0.121. The highest BCUT2D eigenvalue weighted by Gasteiger charge is 2.18. The second-order valence-electron chi connectivity index (χ2n) is 4.75. The largest absolute Gasteiger partial charge is 0.355 e. The number of amides is 1. The number of hydrogen-bond donors (Lipinski definition) is 2. The van der Waals surface area contributed by atoms with Gasteiger partial charge in [-0.15, -0.1) is 0 Å². The number of H-pyrrole nitrogens is 1. The van der Waals surface area contributed by atoms with Crippen molar-refractivity contribution < 1.29 is 4.79 Å². The zero-order valence-corrected chi connectivity index (χ0v) is 9.79. The van der Waals surface area contributed by atoms with Crippen molar-refractivity contribution in [1.29, 1.82) is 0 Å². The van der Waals surface area contributed by atoms with Crippen LogP contribution in [0.4, 0.5) is 0 Å². The summed E-state index contributed by atoms with van der Waals surface area (Å²) in [5.41, 5.74) is 4.70. The Bertz CT molecular complexity index is 786. The van der Waals surface area contributed by atoms with Crippen molar-refractivity contribution in [3.63, 3.8) is 0 Å². The minimum atomic E-state index is 0.113. The summed E-state index contributed by atoms with van der Waals surface area (Å²) in [6.45, 7) is 0.632. The normalized spacial score (nSPS) is 14.8. The van der Waals surface area contributed by atoms with Crippen molar-refractivity contribution in [1.82, 2.24) is 10.3 Å². The Balaban J connectivity index is 2.15. The van der Waals surface area contributed by atoms with Gasteiger partial charge in [-0.3, -0.25) is 4.79 Å². The van der Waals surface area contributed by atoms with E-state index in [0.29, 0.717) is 13.0 Å². The number of hydrogen-bond acceptors (Lipinski definition) is 1. The molecule has 2 heterocycles. The van der Waals surface area contributed by atoms with Crippen LogP contribution in [0, 0.1) is 0 Å². The summed E-state index contributed by atoms with van der Waals surface area (Å²) in [5, 5.41) is 5.42. The van der Waals surface area contributed by atoms with Gasteiger partial charge in [-0.2, -0.15) is 0 Å².